The highest BCUT2D eigenvalue weighted by Crippen LogP contribution is 2.25. The van der Waals surface area contributed by atoms with Crippen molar-refractivity contribution in [1.29, 1.82) is 0 Å². The number of H-pyrrole nitrogens is 1. The molecule has 118 valence electrons. The van der Waals surface area contributed by atoms with Crippen molar-refractivity contribution < 1.29 is 9.53 Å². The Bertz CT molecular complexity index is 601. The normalized spacial score (nSPS) is 12.2. The van der Waals surface area contributed by atoms with Crippen molar-refractivity contribution in [2.75, 3.05) is 5.75 Å². The molecule has 0 aliphatic heterocycles. The average Bonchev–Trinajstić information content (AvgIpc) is 2.98. The Morgan fingerprint density at radius 2 is 2.14 bits per heavy atom. The lowest BCUT2D eigenvalue weighted by molar-refractivity contribution is -0.119. The number of carbonyl (C=O) groups is 1. The number of rotatable bonds is 7. The van der Waals surface area contributed by atoms with Crippen molar-refractivity contribution in [3.8, 4) is 5.75 Å². The molecule has 0 aliphatic carbocycles. The zero-order valence-electron chi connectivity index (χ0n) is 12.9. The fourth-order valence-corrected chi connectivity index (χ4v) is 2.55. The first-order chi connectivity index (χ1) is 10.6. The Morgan fingerprint density at radius 3 is 2.82 bits per heavy atom. The molecule has 0 bridgehead atoms. The number of nitrogens with zero attached hydrogens (tertiary/aromatic N) is 2. The van der Waals surface area contributed by atoms with Gasteiger partial charge in [-0.3, -0.25) is 9.89 Å². The van der Waals surface area contributed by atoms with Gasteiger partial charge in [0.25, 0.3) is 0 Å². The minimum absolute atomic E-state index is 0.0618. The standard InChI is InChI=1S/C15H20N4O2S/c1-10(2)21-13-7-5-4-6-12(13)11(3)18-14(20)8-22-15-16-9-17-19-15/h4-7,9-11H,8H2,1-3H3,(H,18,20)(H,16,17,19)/t11-/m1/s1. The summed E-state index contributed by atoms with van der Waals surface area (Å²) >= 11 is 1.31. The first-order valence-electron chi connectivity index (χ1n) is 7.09. The van der Waals surface area contributed by atoms with Crippen LogP contribution in [-0.2, 0) is 4.79 Å². The molecule has 1 amide bonds. The summed E-state index contributed by atoms with van der Waals surface area (Å²) in [6.07, 6.45) is 1.51. The van der Waals surface area contributed by atoms with Gasteiger partial charge >= 0.3 is 0 Å². The summed E-state index contributed by atoms with van der Waals surface area (Å²) in [5.74, 6) is 1.02. The quantitative estimate of drug-likeness (QED) is 0.766. The van der Waals surface area contributed by atoms with E-state index in [9.17, 15) is 4.79 Å². The lowest BCUT2D eigenvalue weighted by Crippen LogP contribution is -2.28. The molecule has 1 aromatic carbocycles. The van der Waals surface area contributed by atoms with Crippen LogP contribution in [0.3, 0.4) is 0 Å². The molecule has 6 nitrogen and oxygen atoms in total. The highest BCUT2D eigenvalue weighted by Gasteiger charge is 2.15. The summed E-state index contributed by atoms with van der Waals surface area (Å²) in [5, 5.41) is 10.1. The second-order valence-corrected chi connectivity index (χ2v) is 6.04. The number of nitrogens with one attached hydrogen (secondary N) is 2. The lowest BCUT2D eigenvalue weighted by Gasteiger charge is -2.19. The van der Waals surface area contributed by atoms with Crippen LogP contribution in [0, 0.1) is 0 Å². The predicted molar refractivity (Wildman–Crippen MR) is 85.9 cm³/mol. The second kappa shape index (κ2) is 7.84. The van der Waals surface area contributed by atoms with E-state index >= 15 is 0 Å². The van der Waals surface area contributed by atoms with Crippen LogP contribution in [0.25, 0.3) is 0 Å². The van der Waals surface area contributed by atoms with Gasteiger partial charge in [0.15, 0.2) is 5.16 Å². The van der Waals surface area contributed by atoms with E-state index in [1.807, 2.05) is 45.0 Å². The molecule has 1 heterocycles. The van der Waals surface area contributed by atoms with Crippen LogP contribution in [0.1, 0.15) is 32.4 Å². The topological polar surface area (TPSA) is 79.9 Å². The maximum Gasteiger partial charge on any atom is 0.230 e. The highest BCUT2D eigenvalue weighted by molar-refractivity contribution is 7.99. The predicted octanol–water partition coefficient (Wildman–Crippen LogP) is 2.56. The molecule has 0 fully saturated rings. The van der Waals surface area contributed by atoms with Crippen LogP contribution in [0.5, 0.6) is 5.75 Å². The minimum atomic E-state index is -0.127. The minimum Gasteiger partial charge on any atom is -0.491 e. The van der Waals surface area contributed by atoms with Crippen LogP contribution >= 0.6 is 11.8 Å². The van der Waals surface area contributed by atoms with Gasteiger partial charge in [0, 0.05) is 5.56 Å². The maximum atomic E-state index is 12.0. The van der Waals surface area contributed by atoms with E-state index in [1.165, 1.54) is 18.1 Å². The maximum absolute atomic E-state index is 12.0. The lowest BCUT2D eigenvalue weighted by atomic mass is 10.1. The Morgan fingerprint density at radius 1 is 1.36 bits per heavy atom. The number of aromatic amines is 1. The largest absolute Gasteiger partial charge is 0.491 e. The highest BCUT2D eigenvalue weighted by atomic mass is 32.2. The zero-order chi connectivity index (χ0) is 15.9. The third-order valence-electron chi connectivity index (χ3n) is 2.86. The molecule has 0 unspecified atom stereocenters. The number of hydrogen-bond acceptors (Lipinski definition) is 5. The van der Waals surface area contributed by atoms with E-state index in [0.717, 1.165) is 11.3 Å². The number of hydrogen-bond donors (Lipinski definition) is 2. The fourth-order valence-electron chi connectivity index (χ4n) is 1.96. The molecular formula is C15H20N4O2S. The van der Waals surface area contributed by atoms with Crippen molar-refractivity contribution in [2.45, 2.75) is 38.1 Å². The summed E-state index contributed by atoms with van der Waals surface area (Å²) < 4.78 is 5.79. The number of thioether (sulfide) groups is 1. The van der Waals surface area contributed by atoms with E-state index in [-0.39, 0.29) is 23.8 Å². The second-order valence-electron chi connectivity index (χ2n) is 5.07. The summed E-state index contributed by atoms with van der Waals surface area (Å²) in [4.78, 5) is 16.0. The van der Waals surface area contributed by atoms with Crippen molar-refractivity contribution in [2.24, 2.45) is 0 Å². The zero-order valence-corrected chi connectivity index (χ0v) is 13.7. The Balaban J connectivity index is 1.93. The number of benzene rings is 1. The smallest absolute Gasteiger partial charge is 0.230 e. The third kappa shape index (κ3) is 4.77. The molecular weight excluding hydrogens is 300 g/mol. The summed E-state index contributed by atoms with van der Waals surface area (Å²) in [6.45, 7) is 5.90. The van der Waals surface area contributed by atoms with Crippen LogP contribution in [-0.4, -0.2) is 32.9 Å². The molecule has 1 aromatic heterocycles. The molecule has 1 atom stereocenters. The van der Waals surface area contributed by atoms with Gasteiger partial charge in [0.1, 0.15) is 12.1 Å². The number of amides is 1. The van der Waals surface area contributed by atoms with Gasteiger partial charge in [0.2, 0.25) is 5.91 Å². The molecule has 0 saturated carbocycles. The van der Waals surface area contributed by atoms with E-state index in [0.29, 0.717) is 5.16 Å². The number of aromatic nitrogens is 3. The van der Waals surface area contributed by atoms with Crippen molar-refractivity contribution in [3.63, 3.8) is 0 Å². The Kier molecular flexibility index (Phi) is 5.83. The monoisotopic (exact) mass is 320 g/mol. The summed E-state index contributed by atoms with van der Waals surface area (Å²) in [5.41, 5.74) is 0.967. The summed E-state index contributed by atoms with van der Waals surface area (Å²) in [6, 6.07) is 7.62. The van der Waals surface area contributed by atoms with Gasteiger partial charge in [-0.15, -0.1) is 0 Å². The molecule has 22 heavy (non-hydrogen) atoms. The summed E-state index contributed by atoms with van der Waals surface area (Å²) in [7, 11) is 0. The third-order valence-corrected chi connectivity index (χ3v) is 3.74. The van der Waals surface area contributed by atoms with Gasteiger partial charge in [-0.05, 0) is 26.8 Å². The molecule has 0 radical (unpaired) electrons. The van der Waals surface area contributed by atoms with Crippen LogP contribution in [0.15, 0.2) is 35.7 Å². The first-order valence-corrected chi connectivity index (χ1v) is 8.08. The Labute approximate surface area is 134 Å². The molecule has 0 saturated heterocycles. The van der Waals surface area contributed by atoms with Gasteiger partial charge < -0.3 is 10.1 Å². The molecule has 7 heteroatoms. The van der Waals surface area contributed by atoms with E-state index in [2.05, 4.69) is 20.5 Å². The van der Waals surface area contributed by atoms with Crippen molar-refractivity contribution in [3.05, 3.63) is 36.2 Å². The first kappa shape index (κ1) is 16.4. The van der Waals surface area contributed by atoms with Crippen LogP contribution in [0.4, 0.5) is 0 Å². The van der Waals surface area contributed by atoms with Gasteiger partial charge in [-0.25, -0.2) is 4.98 Å². The molecule has 2 N–H and O–H groups in total. The van der Waals surface area contributed by atoms with Crippen molar-refractivity contribution in [1.82, 2.24) is 20.5 Å². The Hall–Kier alpha value is -2.02. The fraction of sp³-hybridized carbons (Fsp3) is 0.400. The molecule has 0 spiro atoms. The number of ether oxygens (including phenoxy) is 1. The van der Waals surface area contributed by atoms with E-state index in [1.54, 1.807) is 0 Å². The van der Waals surface area contributed by atoms with Crippen LogP contribution in [0.2, 0.25) is 0 Å². The van der Waals surface area contributed by atoms with Crippen molar-refractivity contribution >= 4 is 17.7 Å². The van der Waals surface area contributed by atoms with Gasteiger partial charge in [-0.1, -0.05) is 30.0 Å². The van der Waals surface area contributed by atoms with Crippen LogP contribution < -0.4 is 10.1 Å². The molecule has 2 aromatic rings. The number of para-hydroxylation sites is 1. The number of carbonyl (C=O) groups excluding carboxylic acids is 1. The SMILES string of the molecule is CC(C)Oc1ccccc1[C@@H](C)NC(=O)CSc1ncn[nH]1. The average molecular weight is 320 g/mol. The van der Waals surface area contributed by atoms with E-state index < -0.39 is 0 Å². The van der Waals surface area contributed by atoms with E-state index in [4.69, 9.17) is 4.74 Å². The molecule has 0 aliphatic rings. The van der Waals surface area contributed by atoms with Gasteiger partial charge in [-0.2, -0.15) is 5.10 Å². The molecule has 2 rings (SSSR count). The van der Waals surface area contributed by atoms with Gasteiger partial charge in [0.05, 0.1) is 17.9 Å².